The van der Waals surface area contributed by atoms with Gasteiger partial charge in [0.05, 0.1) is 0 Å². The number of aryl methyl sites for hydroxylation is 3. The minimum atomic E-state index is -0.290. The lowest BCUT2D eigenvalue weighted by molar-refractivity contribution is 0.102. The molecule has 0 radical (unpaired) electrons. The van der Waals surface area contributed by atoms with Gasteiger partial charge in [-0.2, -0.15) is 0 Å². The van der Waals surface area contributed by atoms with Crippen LogP contribution in [-0.4, -0.2) is 20.9 Å². The Labute approximate surface area is 128 Å². The Morgan fingerprint density at radius 2 is 1.81 bits per heavy atom. The Hall–Kier alpha value is -2.01. The van der Waals surface area contributed by atoms with Gasteiger partial charge in [-0.05, 0) is 38.5 Å². The highest BCUT2D eigenvalue weighted by Crippen LogP contribution is 2.14. The zero-order valence-corrected chi connectivity index (χ0v) is 13.0. The molecule has 0 bridgehead atoms. The molecular weight excluding hydrogens is 288 g/mol. The van der Waals surface area contributed by atoms with E-state index >= 15 is 0 Å². The third kappa shape index (κ3) is 4.23. The van der Waals surface area contributed by atoms with Crippen molar-refractivity contribution in [2.45, 2.75) is 33.6 Å². The van der Waals surface area contributed by atoms with Crippen LogP contribution in [-0.2, 0) is 6.42 Å². The second-order valence-electron chi connectivity index (χ2n) is 4.85. The second kappa shape index (κ2) is 6.63. The third-order valence-corrected chi connectivity index (χ3v) is 3.02. The summed E-state index contributed by atoms with van der Waals surface area (Å²) >= 11 is 5.96. The maximum atomic E-state index is 12.3. The Morgan fingerprint density at radius 1 is 1.14 bits per heavy atom. The smallest absolute Gasteiger partial charge is 0.258 e. The first-order valence-electron chi connectivity index (χ1n) is 6.78. The van der Waals surface area contributed by atoms with Gasteiger partial charge in [-0.25, -0.2) is 15.0 Å². The number of nitrogens with one attached hydrogen (secondary N) is 1. The van der Waals surface area contributed by atoms with Crippen LogP contribution < -0.4 is 5.32 Å². The van der Waals surface area contributed by atoms with Crippen LogP contribution in [0.1, 0.15) is 40.8 Å². The number of pyridine rings is 1. The maximum absolute atomic E-state index is 12.3. The monoisotopic (exact) mass is 304 g/mol. The number of amides is 1. The second-order valence-corrected chi connectivity index (χ2v) is 5.24. The molecule has 0 aliphatic carbocycles. The van der Waals surface area contributed by atoms with E-state index in [1.54, 1.807) is 12.1 Å². The zero-order valence-electron chi connectivity index (χ0n) is 12.3. The first-order valence-corrected chi connectivity index (χ1v) is 7.16. The average molecular weight is 305 g/mol. The van der Waals surface area contributed by atoms with Gasteiger partial charge in [-0.15, -0.1) is 0 Å². The summed E-state index contributed by atoms with van der Waals surface area (Å²) in [6.45, 7) is 5.76. The van der Waals surface area contributed by atoms with Gasteiger partial charge in [-0.1, -0.05) is 24.9 Å². The number of carbonyl (C=O) groups is 1. The molecule has 0 fully saturated rings. The Balaban J connectivity index is 2.23. The van der Waals surface area contributed by atoms with Crippen LogP contribution in [0.15, 0.2) is 18.2 Å². The van der Waals surface area contributed by atoms with E-state index in [-0.39, 0.29) is 5.91 Å². The molecule has 0 atom stereocenters. The molecule has 0 saturated heterocycles. The van der Waals surface area contributed by atoms with E-state index in [1.807, 2.05) is 26.8 Å². The van der Waals surface area contributed by atoms with E-state index in [0.717, 1.165) is 29.9 Å². The van der Waals surface area contributed by atoms with Crippen LogP contribution in [0.2, 0.25) is 5.15 Å². The molecule has 0 aliphatic rings. The quantitative estimate of drug-likeness (QED) is 0.880. The first-order chi connectivity index (χ1) is 9.97. The summed E-state index contributed by atoms with van der Waals surface area (Å²) in [5, 5.41) is 3.00. The molecule has 21 heavy (non-hydrogen) atoms. The van der Waals surface area contributed by atoms with Crippen molar-refractivity contribution in [1.29, 1.82) is 0 Å². The molecule has 2 aromatic heterocycles. The fourth-order valence-corrected chi connectivity index (χ4v) is 2.25. The summed E-state index contributed by atoms with van der Waals surface area (Å²) in [5.74, 6) is 0.00382. The molecule has 1 amide bonds. The van der Waals surface area contributed by atoms with Crippen LogP contribution in [0.5, 0.6) is 0 Å². The molecule has 0 spiro atoms. The predicted molar refractivity (Wildman–Crippen MR) is 82.7 cm³/mol. The summed E-state index contributed by atoms with van der Waals surface area (Å²) < 4.78 is 0. The maximum Gasteiger partial charge on any atom is 0.258 e. The Bertz CT molecular complexity index is 652. The normalized spacial score (nSPS) is 10.5. The topological polar surface area (TPSA) is 67.8 Å². The SMILES string of the molecule is CCCc1cc(C(=O)Nc2nc(C)cc(C)n2)cc(Cl)n1. The molecule has 0 saturated carbocycles. The van der Waals surface area contributed by atoms with Crippen LogP contribution in [0, 0.1) is 13.8 Å². The summed E-state index contributed by atoms with van der Waals surface area (Å²) in [5.41, 5.74) is 2.87. The molecule has 6 heteroatoms. The van der Waals surface area contributed by atoms with Crippen molar-refractivity contribution in [2.24, 2.45) is 0 Å². The Morgan fingerprint density at radius 3 is 2.43 bits per heavy atom. The number of halogens is 1. The van der Waals surface area contributed by atoms with Gasteiger partial charge in [-0.3, -0.25) is 10.1 Å². The van der Waals surface area contributed by atoms with Gasteiger partial charge in [0.25, 0.3) is 5.91 Å². The van der Waals surface area contributed by atoms with Gasteiger partial charge < -0.3 is 0 Å². The highest BCUT2D eigenvalue weighted by atomic mass is 35.5. The minimum Gasteiger partial charge on any atom is -0.290 e. The minimum absolute atomic E-state index is 0.290. The molecule has 0 aromatic carbocycles. The number of hydrogen-bond donors (Lipinski definition) is 1. The fourth-order valence-electron chi connectivity index (χ4n) is 2.02. The van der Waals surface area contributed by atoms with E-state index in [0.29, 0.717) is 16.7 Å². The van der Waals surface area contributed by atoms with E-state index in [1.165, 1.54) is 0 Å². The molecule has 110 valence electrons. The number of rotatable bonds is 4. The highest BCUT2D eigenvalue weighted by Gasteiger charge is 2.11. The molecule has 0 aliphatic heterocycles. The number of aromatic nitrogens is 3. The lowest BCUT2D eigenvalue weighted by Crippen LogP contribution is -2.15. The van der Waals surface area contributed by atoms with Crippen LogP contribution in [0.25, 0.3) is 0 Å². The summed E-state index contributed by atoms with van der Waals surface area (Å²) in [4.78, 5) is 24.8. The lowest BCUT2D eigenvalue weighted by atomic mass is 10.1. The van der Waals surface area contributed by atoms with E-state index in [2.05, 4.69) is 20.3 Å². The zero-order chi connectivity index (χ0) is 15.4. The molecule has 5 nitrogen and oxygen atoms in total. The van der Waals surface area contributed by atoms with E-state index in [4.69, 9.17) is 11.6 Å². The molecule has 1 N–H and O–H groups in total. The van der Waals surface area contributed by atoms with Crippen LogP contribution in [0.3, 0.4) is 0 Å². The van der Waals surface area contributed by atoms with Crippen molar-refractivity contribution >= 4 is 23.5 Å². The summed E-state index contributed by atoms with van der Waals surface area (Å²) in [6, 6.07) is 5.13. The standard InChI is InChI=1S/C15H17ClN4O/c1-4-5-12-7-11(8-13(16)19-12)14(21)20-15-17-9(2)6-10(3)18-15/h6-8H,4-5H2,1-3H3,(H,17,18,20,21). The Kier molecular flexibility index (Phi) is 4.85. The summed E-state index contributed by atoms with van der Waals surface area (Å²) in [6.07, 6.45) is 1.72. The average Bonchev–Trinajstić information content (AvgIpc) is 2.37. The number of anilines is 1. The van der Waals surface area contributed by atoms with Crippen molar-refractivity contribution in [1.82, 2.24) is 15.0 Å². The fraction of sp³-hybridized carbons (Fsp3) is 0.333. The van der Waals surface area contributed by atoms with Gasteiger partial charge in [0.2, 0.25) is 5.95 Å². The van der Waals surface area contributed by atoms with Gasteiger partial charge in [0.15, 0.2) is 0 Å². The van der Waals surface area contributed by atoms with Crippen molar-refractivity contribution in [3.63, 3.8) is 0 Å². The molecule has 2 aromatic rings. The summed E-state index contributed by atoms with van der Waals surface area (Å²) in [7, 11) is 0. The largest absolute Gasteiger partial charge is 0.290 e. The van der Waals surface area contributed by atoms with Crippen LogP contribution >= 0.6 is 11.6 Å². The third-order valence-electron chi connectivity index (χ3n) is 2.82. The van der Waals surface area contributed by atoms with Crippen molar-refractivity contribution in [3.8, 4) is 0 Å². The molecular formula is C15H17ClN4O. The van der Waals surface area contributed by atoms with Gasteiger partial charge in [0, 0.05) is 22.6 Å². The van der Waals surface area contributed by atoms with Gasteiger partial charge in [0.1, 0.15) is 5.15 Å². The van der Waals surface area contributed by atoms with Gasteiger partial charge >= 0.3 is 0 Å². The van der Waals surface area contributed by atoms with Crippen molar-refractivity contribution < 1.29 is 4.79 Å². The molecule has 2 rings (SSSR count). The van der Waals surface area contributed by atoms with Crippen molar-refractivity contribution in [2.75, 3.05) is 5.32 Å². The highest BCUT2D eigenvalue weighted by molar-refractivity contribution is 6.29. The van der Waals surface area contributed by atoms with E-state index < -0.39 is 0 Å². The first kappa shape index (κ1) is 15.4. The van der Waals surface area contributed by atoms with E-state index in [9.17, 15) is 4.79 Å². The van der Waals surface area contributed by atoms with Crippen LogP contribution in [0.4, 0.5) is 5.95 Å². The number of carbonyl (C=O) groups excluding carboxylic acids is 1. The molecule has 2 heterocycles. The number of nitrogens with zero attached hydrogens (tertiary/aromatic N) is 3. The molecule has 0 unspecified atom stereocenters. The number of hydrogen-bond acceptors (Lipinski definition) is 4. The van der Waals surface area contributed by atoms with Crippen molar-refractivity contribution in [3.05, 3.63) is 46.0 Å². The lowest BCUT2D eigenvalue weighted by Gasteiger charge is -2.07. The predicted octanol–water partition coefficient (Wildman–Crippen LogP) is 3.35.